The van der Waals surface area contributed by atoms with Crippen LogP contribution in [0.2, 0.25) is 0 Å². The van der Waals surface area contributed by atoms with Crippen LogP contribution in [0.25, 0.3) is 0 Å². The summed E-state index contributed by atoms with van der Waals surface area (Å²) >= 11 is 0. The maximum atomic E-state index is 4.48. The Morgan fingerprint density at radius 3 is 2.41 bits per heavy atom. The molecule has 3 rings (SSSR count). The first-order valence-electron chi connectivity index (χ1n) is 7.95. The molecule has 0 aliphatic carbocycles. The van der Waals surface area contributed by atoms with Crippen LogP contribution in [-0.2, 0) is 13.0 Å². The molecule has 3 heterocycles. The third kappa shape index (κ3) is 3.42. The van der Waals surface area contributed by atoms with Crippen molar-refractivity contribution >= 4 is 5.95 Å². The summed E-state index contributed by atoms with van der Waals surface area (Å²) < 4.78 is 0. The van der Waals surface area contributed by atoms with E-state index in [4.69, 9.17) is 0 Å². The number of hydrogen-bond acceptors (Lipinski definition) is 5. The topological polar surface area (TPSA) is 45.2 Å². The van der Waals surface area contributed by atoms with Gasteiger partial charge in [0.1, 0.15) is 0 Å². The minimum atomic E-state index is 0.856. The number of anilines is 1. The summed E-state index contributed by atoms with van der Waals surface area (Å²) in [7, 11) is 0. The lowest BCUT2D eigenvalue weighted by molar-refractivity contribution is 0.248. The molecule has 0 bridgehead atoms. The predicted octanol–water partition coefficient (Wildman–Crippen LogP) is 2.06. The highest BCUT2D eigenvalue weighted by atomic mass is 15.3. The highest BCUT2D eigenvalue weighted by Gasteiger charge is 2.19. The highest BCUT2D eigenvalue weighted by Crippen LogP contribution is 2.14. The van der Waals surface area contributed by atoms with Crippen molar-refractivity contribution in [1.82, 2.24) is 19.9 Å². The van der Waals surface area contributed by atoms with Gasteiger partial charge in [-0.25, -0.2) is 9.97 Å². The standard InChI is InChI=1S/C17H23N5/c1-3-15-11-19-17(20-12-15)22-9-7-21(8-10-22)13-16-5-4-6-18-14(16)2/h4-6,11-12H,3,7-10,13H2,1-2H3. The fourth-order valence-corrected chi connectivity index (χ4v) is 2.73. The summed E-state index contributed by atoms with van der Waals surface area (Å²) in [6.07, 6.45) is 6.72. The first kappa shape index (κ1) is 14.9. The molecular weight excluding hydrogens is 274 g/mol. The van der Waals surface area contributed by atoms with E-state index in [0.29, 0.717) is 0 Å². The van der Waals surface area contributed by atoms with Crippen LogP contribution in [0.1, 0.15) is 23.7 Å². The Kier molecular flexibility index (Phi) is 4.63. The number of aromatic nitrogens is 3. The largest absolute Gasteiger partial charge is 0.338 e. The van der Waals surface area contributed by atoms with Crippen LogP contribution in [0.3, 0.4) is 0 Å². The lowest BCUT2D eigenvalue weighted by Gasteiger charge is -2.34. The number of rotatable bonds is 4. The van der Waals surface area contributed by atoms with Gasteiger partial charge < -0.3 is 4.90 Å². The maximum absolute atomic E-state index is 4.48. The zero-order valence-corrected chi connectivity index (χ0v) is 13.4. The Balaban J connectivity index is 1.57. The molecule has 22 heavy (non-hydrogen) atoms. The van der Waals surface area contributed by atoms with Gasteiger partial charge in [0, 0.05) is 57.0 Å². The average molecular weight is 297 g/mol. The van der Waals surface area contributed by atoms with Crippen LogP contribution >= 0.6 is 0 Å². The van der Waals surface area contributed by atoms with E-state index in [2.05, 4.69) is 44.7 Å². The molecule has 2 aromatic rings. The van der Waals surface area contributed by atoms with Crippen LogP contribution in [0.5, 0.6) is 0 Å². The van der Waals surface area contributed by atoms with Gasteiger partial charge in [-0.05, 0) is 30.5 Å². The van der Waals surface area contributed by atoms with E-state index < -0.39 is 0 Å². The molecule has 1 aliphatic rings. The molecule has 0 saturated carbocycles. The van der Waals surface area contributed by atoms with Crippen molar-refractivity contribution in [2.24, 2.45) is 0 Å². The van der Waals surface area contributed by atoms with Gasteiger partial charge in [-0.15, -0.1) is 0 Å². The monoisotopic (exact) mass is 297 g/mol. The van der Waals surface area contributed by atoms with Gasteiger partial charge in [0.2, 0.25) is 5.95 Å². The van der Waals surface area contributed by atoms with Crippen LogP contribution in [0.4, 0.5) is 5.95 Å². The molecular formula is C17H23N5. The molecule has 5 heteroatoms. The van der Waals surface area contributed by atoms with Gasteiger partial charge in [-0.2, -0.15) is 0 Å². The summed E-state index contributed by atoms with van der Waals surface area (Å²) in [5.41, 5.74) is 3.64. The predicted molar refractivity (Wildman–Crippen MR) is 87.9 cm³/mol. The Morgan fingerprint density at radius 1 is 1.05 bits per heavy atom. The quantitative estimate of drug-likeness (QED) is 0.864. The van der Waals surface area contributed by atoms with Gasteiger partial charge in [-0.1, -0.05) is 13.0 Å². The Hall–Kier alpha value is -2.01. The maximum Gasteiger partial charge on any atom is 0.225 e. The minimum absolute atomic E-state index is 0.856. The Labute approximate surface area is 132 Å². The van der Waals surface area contributed by atoms with Crippen molar-refractivity contribution in [2.75, 3.05) is 31.1 Å². The molecule has 5 nitrogen and oxygen atoms in total. The highest BCUT2D eigenvalue weighted by molar-refractivity contribution is 5.31. The van der Waals surface area contributed by atoms with Gasteiger partial charge in [-0.3, -0.25) is 9.88 Å². The Bertz CT molecular complexity index is 603. The second kappa shape index (κ2) is 6.83. The second-order valence-electron chi connectivity index (χ2n) is 5.76. The first-order valence-corrected chi connectivity index (χ1v) is 7.95. The van der Waals surface area contributed by atoms with E-state index in [9.17, 15) is 0 Å². The number of piperazine rings is 1. The zero-order chi connectivity index (χ0) is 15.4. The molecule has 0 spiro atoms. The molecule has 2 aromatic heterocycles. The fourth-order valence-electron chi connectivity index (χ4n) is 2.73. The van der Waals surface area contributed by atoms with Crippen LogP contribution in [-0.4, -0.2) is 46.0 Å². The molecule has 0 atom stereocenters. The van der Waals surface area contributed by atoms with Gasteiger partial charge in [0.25, 0.3) is 0 Å². The summed E-state index contributed by atoms with van der Waals surface area (Å²) in [6, 6.07) is 4.18. The molecule has 0 radical (unpaired) electrons. The molecule has 1 aliphatic heterocycles. The lowest BCUT2D eigenvalue weighted by Crippen LogP contribution is -2.46. The van der Waals surface area contributed by atoms with E-state index in [1.165, 1.54) is 11.1 Å². The number of nitrogens with zero attached hydrogens (tertiary/aromatic N) is 5. The van der Waals surface area contributed by atoms with E-state index in [-0.39, 0.29) is 0 Å². The van der Waals surface area contributed by atoms with Crippen LogP contribution < -0.4 is 4.90 Å². The second-order valence-corrected chi connectivity index (χ2v) is 5.76. The van der Waals surface area contributed by atoms with E-state index >= 15 is 0 Å². The van der Waals surface area contributed by atoms with E-state index in [0.717, 1.165) is 50.8 Å². The molecule has 0 unspecified atom stereocenters. The van der Waals surface area contributed by atoms with Crippen molar-refractivity contribution in [3.8, 4) is 0 Å². The summed E-state index contributed by atoms with van der Waals surface area (Å²) in [5, 5.41) is 0. The van der Waals surface area contributed by atoms with Gasteiger partial charge in [0.15, 0.2) is 0 Å². The van der Waals surface area contributed by atoms with Crippen LogP contribution in [0, 0.1) is 6.92 Å². The van der Waals surface area contributed by atoms with Crippen LogP contribution in [0.15, 0.2) is 30.7 Å². The Morgan fingerprint density at radius 2 is 1.77 bits per heavy atom. The molecule has 0 amide bonds. The van der Waals surface area contributed by atoms with E-state index in [1.807, 2.05) is 24.7 Å². The summed E-state index contributed by atoms with van der Waals surface area (Å²) in [6.45, 7) is 9.20. The van der Waals surface area contributed by atoms with Gasteiger partial charge >= 0.3 is 0 Å². The van der Waals surface area contributed by atoms with Crippen molar-refractivity contribution in [1.29, 1.82) is 0 Å². The molecule has 0 N–H and O–H groups in total. The smallest absolute Gasteiger partial charge is 0.225 e. The van der Waals surface area contributed by atoms with Crippen molar-refractivity contribution in [2.45, 2.75) is 26.8 Å². The minimum Gasteiger partial charge on any atom is -0.338 e. The van der Waals surface area contributed by atoms with E-state index in [1.54, 1.807) is 0 Å². The summed E-state index contributed by atoms with van der Waals surface area (Å²) in [4.78, 5) is 18.1. The molecule has 1 fully saturated rings. The van der Waals surface area contributed by atoms with Crippen molar-refractivity contribution in [3.05, 3.63) is 47.5 Å². The third-order valence-corrected chi connectivity index (χ3v) is 4.27. The number of hydrogen-bond donors (Lipinski definition) is 0. The van der Waals surface area contributed by atoms with Gasteiger partial charge in [0.05, 0.1) is 0 Å². The normalized spacial score (nSPS) is 16.0. The summed E-state index contributed by atoms with van der Waals surface area (Å²) in [5.74, 6) is 0.856. The average Bonchev–Trinajstić information content (AvgIpc) is 2.58. The molecule has 0 aromatic carbocycles. The van der Waals surface area contributed by atoms with Crippen molar-refractivity contribution in [3.63, 3.8) is 0 Å². The number of aryl methyl sites for hydroxylation is 2. The number of pyridine rings is 1. The molecule has 116 valence electrons. The lowest BCUT2D eigenvalue weighted by atomic mass is 10.2. The fraction of sp³-hybridized carbons (Fsp3) is 0.471. The molecule has 1 saturated heterocycles. The first-order chi connectivity index (χ1) is 10.8. The SMILES string of the molecule is CCc1cnc(N2CCN(Cc3cccnc3C)CC2)nc1. The zero-order valence-electron chi connectivity index (χ0n) is 13.4. The van der Waals surface area contributed by atoms with Crippen molar-refractivity contribution < 1.29 is 0 Å². The third-order valence-electron chi connectivity index (χ3n) is 4.27.